The van der Waals surface area contributed by atoms with Gasteiger partial charge < -0.3 is 5.32 Å². The predicted molar refractivity (Wildman–Crippen MR) is 77.1 cm³/mol. The Hall–Kier alpha value is -1.69. The summed E-state index contributed by atoms with van der Waals surface area (Å²) in [5.74, 6) is 0.0600. The Kier molecular flexibility index (Phi) is 4.31. The number of nitrogens with one attached hydrogen (secondary N) is 1. The van der Waals surface area contributed by atoms with Gasteiger partial charge in [0.05, 0.1) is 16.9 Å². The van der Waals surface area contributed by atoms with Crippen LogP contribution < -0.4 is 10.3 Å². The van der Waals surface area contributed by atoms with Crippen LogP contribution in [0.4, 0.5) is 5.69 Å². The molecule has 0 aliphatic carbocycles. The summed E-state index contributed by atoms with van der Waals surface area (Å²) in [6.45, 7) is 1.90. The van der Waals surface area contributed by atoms with Gasteiger partial charge in [0.1, 0.15) is 5.84 Å². The van der Waals surface area contributed by atoms with E-state index in [1.165, 1.54) is 5.01 Å². The number of benzene rings is 1. The van der Waals surface area contributed by atoms with Gasteiger partial charge in [0.25, 0.3) is 5.91 Å². The van der Waals surface area contributed by atoms with Gasteiger partial charge >= 0.3 is 0 Å². The molecule has 0 saturated carbocycles. The second-order valence-electron chi connectivity index (χ2n) is 4.13. The standard InChI is InChI=1S/C13H14BrN3O2/c1-2-10(14)13(19)15-11-8-12(18)17(16-11)9-6-4-3-5-7-9/h3-7,10H,2,8H2,1H3,(H,15,16,19). The minimum absolute atomic E-state index is 0.115. The minimum atomic E-state index is -0.268. The molecule has 0 fully saturated rings. The van der Waals surface area contributed by atoms with Crippen molar-refractivity contribution in [2.24, 2.45) is 5.10 Å². The van der Waals surface area contributed by atoms with Gasteiger partial charge in [-0.1, -0.05) is 41.1 Å². The molecule has 1 atom stereocenters. The monoisotopic (exact) mass is 323 g/mol. The predicted octanol–water partition coefficient (Wildman–Crippen LogP) is 2.03. The second kappa shape index (κ2) is 5.97. The van der Waals surface area contributed by atoms with Crippen LogP contribution in [0.15, 0.2) is 35.4 Å². The Bertz CT molecular complexity index is 516. The summed E-state index contributed by atoms with van der Waals surface area (Å²) in [6.07, 6.45) is 0.791. The number of alkyl halides is 1. The molecule has 1 aromatic rings. The number of nitrogens with zero attached hydrogens (tertiary/aromatic N) is 2. The molecule has 2 amide bonds. The molecule has 0 radical (unpaired) electrons. The highest BCUT2D eigenvalue weighted by Crippen LogP contribution is 2.19. The lowest BCUT2D eigenvalue weighted by molar-refractivity contribution is -0.119. The second-order valence-corrected chi connectivity index (χ2v) is 5.23. The zero-order valence-electron chi connectivity index (χ0n) is 10.5. The highest BCUT2D eigenvalue weighted by molar-refractivity contribution is 9.10. The van der Waals surface area contributed by atoms with Gasteiger partial charge in [-0.25, -0.2) is 0 Å². The quantitative estimate of drug-likeness (QED) is 0.865. The molecule has 0 bridgehead atoms. The Balaban J connectivity index is 2.09. The zero-order valence-corrected chi connectivity index (χ0v) is 12.1. The molecule has 1 N–H and O–H groups in total. The number of amidine groups is 1. The fourth-order valence-corrected chi connectivity index (χ4v) is 1.79. The van der Waals surface area contributed by atoms with Crippen molar-refractivity contribution in [2.45, 2.75) is 24.6 Å². The molecule has 19 heavy (non-hydrogen) atoms. The van der Waals surface area contributed by atoms with Crippen LogP contribution in [0.3, 0.4) is 0 Å². The Morgan fingerprint density at radius 3 is 2.79 bits per heavy atom. The third-order valence-electron chi connectivity index (χ3n) is 2.69. The van der Waals surface area contributed by atoms with Crippen molar-refractivity contribution in [1.29, 1.82) is 0 Å². The largest absolute Gasteiger partial charge is 0.311 e. The lowest BCUT2D eigenvalue weighted by atomic mass is 10.3. The fourth-order valence-electron chi connectivity index (χ4n) is 1.68. The molecule has 0 saturated heterocycles. The lowest BCUT2D eigenvalue weighted by Gasteiger charge is -2.10. The van der Waals surface area contributed by atoms with Crippen molar-refractivity contribution in [3.63, 3.8) is 0 Å². The summed E-state index contributed by atoms with van der Waals surface area (Å²) in [7, 11) is 0. The van der Waals surface area contributed by atoms with Crippen molar-refractivity contribution in [2.75, 3.05) is 5.01 Å². The number of carbonyl (C=O) groups excluding carboxylic acids is 2. The van der Waals surface area contributed by atoms with E-state index in [0.717, 1.165) is 0 Å². The number of hydrogen-bond donors (Lipinski definition) is 1. The third kappa shape index (κ3) is 3.20. The van der Waals surface area contributed by atoms with Crippen molar-refractivity contribution < 1.29 is 9.59 Å². The maximum absolute atomic E-state index is 11.9. The number of anilines is 1. The molecule has 6 heteroatoms. The number of halogens is 1. The van der Waals surface area contributed by atoms with Gasteiger partial charge in [-0.2, -0.15) is 10.1 Å². The summed E-state index contributed by atoms with van der Waals surface area (Å²) in [4.78, 5) is 23.3. The highest BCUT2D eigenvalue weighted by atomic mass is 79.9. The number of amides is 2. The summed E-state index contributed by atoms with van der Waals surface area (Å²) in [5, 5.41) is 8.12. The first-order valence-electron chi connectivity index (χ1n) is 6.02. The molecular weight excluding hydrogens is 310 g/mol. The molecule has 0 aromatic heterocycles. The molecule has 1 aliphatic rings. The zero-order chi connectivity index (χ0) is 13.8. The summed E-state index contributed by atoms with van der Waals surface area (Å²) < 4.78 is 0. The number of hydrogen-bond acceptors (Lipinski definition) is 3. The molecule has 1 aliphatic heterocycles. The van der Waals surface area contributed by atoms with E-state index in [9.17, 15) is 9.59 Å². The van der Waals surface area contributed by atoms with Crippen molar-refractivity contribution in [3.05, 3.63) is 30.3 Å². The number of rotatable bonds is 3. The SMILES string of the molecule is CCC(Br)C(=O)NC1=NN(c2ccccc2)C(=O)C1. The van der Waals surface area contributed by atoms with Crippen LogP contribution in [0.25, 0.3) is 0 Å². The molecule has 5 nitrogen and oxygen atoms in total. The van der Waals surface area contributed by atoms with Crippen molar-refractivity contribution in [1.82, 2.24) is 5.32 Å². The first-order chi connectivity index (χ1) is 9.11. The van der Waals surface area contributed by atoms with Crippen LogP contribution in [-0.2, 0) is 9.59 Å². The van der Waals surface area contributed by atoms with Crippen LogP contribution in [0.2, 0.25) is 0 Å². The van der Waals surface area contributed by atoms with E-state index in [1.807, 2.05) is 25.1 Å². The normalized spacial score (nSPS) is 16.2. The molecule has 1 unspecified atom stereocenters. The van der Waals surface area contributed by atoms with Crippen LogP contribution in [0, 0.1) is 0 Å². The van der Waals surface area contributed by atoms with Gasteiger partial charge in [0, 0.05) is 0 Å². The third-order valence-corrected chi connectivity index (χ3v) is 3.75. The van der Waals surface area contributed by atoms with E-state index >= 15 is 0 Å². The number of para-hydroxylation sites is 1. The fraction of sp³-hybridized carbons (Fsp3) is 0.308. The average molecular weight is 324 g/mol. The lowest BCUT2D eigenvalue weighted by Crippen LogP contribution is -2.35. The molecular formula is C13H14BrN3O2. The topological polar surface area (TPSA) is 61.8 Å². The smallest absolute Gasteiger partial charge is 0.255 e. The first-order valence-corrected chi connectivity index (χ1v) is 6.93. The van der Waals surface area contributed by atoms with E-state index in [0.29, 0.717) is 17.9 Å². The van der Waals surface area contributed by atoms with E-state index in [2.05, 4.69) is 26.3 Å². The van der Waals surface area contributed by atoms with E-state index in [1.54, 1.807) is 12.1 Å². The summed E-state index contributed by atoms with van der Waals surface area (Å²) in [6, 6.07) is 9.13. The molecule has 100 valence electrons. The van der Waals surface area contributed by atoms with Gasteiger partial charge in [-0.05, 0) is 18.6 Å². The maximum Gasteiger partial charge on any atom is 0.255 e. The summed E-state index contributed by atoms with van der Waals surface area (Å²) >= 11 is 3.26. The van der Waals surface area contributed by atoms with Crippen molar-refractivity contribution in [3.8, 4) is 0 Å². The van der Waals surface area contributed by atoms with Gasteiger partial charge in [0.15, 0.2) is 0 Å². The molecule has 2 rings (SSSR count). The first kappa shape index (κ1) is 13.7. The van der Waals surface area contributed by atoms with E-state index in [-0.39, 0.29) is 23.1 Å². The minimum Gasteiger partial charge on any atom is -0.311 e. The average Bonchev–Trinajstić information content (AvgIpc) is 2.79. The number of carbonyl (C=O) groups is 2. The van der Waals surface area contributed by atoms with Gasteiger partial charge in [0.2, 0.25) is 5.91 Å². The Morgan fingerprint density at radius 1 is 1.47 bits per heavy atom. The van der Waals surface area contributed by atoms with Crippen LogP contribution in [0.1, 0.15) is 19.8 Å². The van der Waals surface area contributed by atoms with Crippen LogP contribution in [0.5, 0.6) is 0 Å². The Morgan fingerprint density at radius 2 is 2.16 bits per heavy atom. The van der Waals surface area contributed by atoms with E-state index in [4.69, 9.17) is 0 Å². The van der Waals surface area contributed by atoms with Gasteiger partial charge in [-0.15, -0.1) is 0 Å². The number of hydrazone groups is 1. The molecule has 1 aromatic carbocycles. The van der Waals surface area contributed by atoms with Crippen LogP contribution in [-0.4, -0.2) is 22.5 Å². The Labute approximate surface area is 119 Å². The maximum atomic E-state index is 11.9. The van der Waals surface area contributed by atoms with Gasteiger partial charge in [-0.3, -0.25) is 9.59 Å². The van der Waals surface area contributed by atoms with E-state index < -0.39 is 0 Å². The highest BCUT2D eigenvalue weighted by Gasteiger charge is 2.27. The molecule has 0 spiro atoms. The van der Waals surface area contributed by atoms with Crippen molar-refractivity contribution >= 4 is 39.3 Å². The molecule has 1 heterocycles. The van der Waals surface area contributed by atoms with Crippen LogP contribution >= 0.6 is 15.9 Å². The summed E-state index contributed by atoms with van der Waals surface area (Å²) in [5.41, 5.74) is 0.697.